The third-order valence-corrected chi connectivity index (χ3v) is 4.01. The number of carbonyl (C=O) groups excluding carboxylic acids is 1. The summed E-state index contributed by atoms with van der Waals surface area (Å²) in [6.07, 6.45) is 1.57. The van der Waals surface area contributed by atoms with Crippen molar-refractivity contribution >= 4 is 17.2 Å². The summed E-state index contributed by atoms with van der Waals surface area (Å²) >= 11 is 1.38. The lowest BCUT2D eigenvalue weighted by atomic mass is 10.3. The van der Waals surface area contributed by atoms with E-state index in [4.69, 9.17) is 13.9 Å². The Morgan fingerprint density at radius 3 is 2.96 bits per heavy atom. The molecule has 6 nitrogen and oxygen atoms in total. The summed E-state index contributed by atoms with van der Waals surface area (Å²) < 4.78 is 16.0. The van der Waals surface area contributed by atoms with E-state index in [1.54, 1.807) is 37.0 Å². The van der Waals surface area contributed by atoms with Gasteiger partial charge in [-0.25, -0.2) is 4.98 Å². The molecule has 0 saturated heterocycles. The van der Waals surface area contributed by atoms with Crippen LogP contribution >= 0.6 is 11.3 Å². The molecule has 0 aliphatic heterocycles. The summed E-state index contributed by atoms with van der Waals surface area (Å²) in [5.74, 6) is 1.87. The molecule has 0 unspecified atom stereocenters. The molecule has 124 valence electrons. The molecule has 0 spiro atoms. The van der Waals surface area contributed by atoms with Crippen molar-refractivity contribution in [2.45, 2.75) is 13.2 Å². The molecular weight excluding hydrogens is 328 g/mol. The molecular formula is C17H16N2O4S. The van der Waals surface area contributed by atoms with Gasteiger partial charge in [-0.1, -0.05) is 6.07 Å². The van der Waals surface area contributed by atoms with Gasteiger partial charge in [0.1, 0.15) is 34.6 Å². The minimum atomic E-state index is -0.240. The average Bonchev–Trinajstić information content (AvgIpc) is 3.30. The Hall–Kier alpha value is -2.80. The van der Waals surface area contributed by atoms with Crippen molar-refractivity contribution in [3.63, 3.8) is 0 Å². The zero-order chi connectivity index (χ0) is 16.8. The maximum absolute atomic E-state index is 12.0. The van der Waals surface area contributed by atoms with Gasteiger partial charge < -0.3 is 19.2 Å². The second-order valence-electron chi connectivity index (χ2n) is 4.86. The molecule has 1 amide bonds. The average molecular weight is 344 g/mol. The zero-order valence-electron chi connectivity index (χ0n) is 13.0. The minimum absolute atomic E-state index is 0.240. The van der Waals surface area contributed by atoms with Crippen molar-refractivity contribution in [1.82, 2.24) is 10.3 Å². The van der Waals surface area contributed by atoms with E-state index >= 15 is 0 Å². The molecule has 0 bridgehead atoms. The van der Waals surface area contributed by atoms with Crippen molar-refractivity contribution in [3.8, 4) is 11.5 Å². The van der Waals surface area contributed by atoms with E-state index in [1.807, 2.05) is 18.2 Å². The van der Waals surface area contributed by atoms with Gasteiger partial charge in [-0.2, -0.15) is 0 Å². The lowest BCUT2D eigenvalue weighted by molar-refractivity contribution is 0.0943. The highest BCUT2D eigenvalue weighted by Gasteiger charge is 2.11. The first-order valence-corrected chi connectivity index (χ1v) is 8.14. The Morgan fingerprint density at radius 2 is 2.17 bits per heavy atom. The number of hydrogen-bond acceptors (Lipinski definition) is 6. The van der Waals surface area contributed by atoms with E-state index in [1.165, 1.54) is 11.3 Å². The topological polar surface area (TPSA) is 73.6 Å². The van der Waals surface area contributed by atoms with Gasteiger partial charge in [-0.15, -0.1) is 11.3 Å². The van der Waals surface area contributed by atoms with Crippen LogP contribution in [-0.4, -0.2) is 18.0 Å². The second-order valence-corrected chi connectivity index (χ2v) is 5.80. The molecule has 0 aliphatic rings. The Bertz CT molecular complexity index is 799. The molecule has 1 aromatic carbocycles. The molecule has 1 N–H and O–H groups in total. The Labute approximate surface area is 143 Å². The highest BCUT2D eigenvalue weighted by molar-refractivity contribution is 7.09. The largest absolute Gasteiger partial charge is 0.497 e. The Morgan fingerprint density at radius 1 is 1.29 bits per heavy atom. The monoisotopic (exact) mass is 344 g/mol. The van der Waals surface area contributed by atoms with Crippen LogP contribution in [0.3, 0.4) is 0 Å². The zero-order valence-corrected chi connectivity index (χ0v) is 13.8. The summed E-state index contributed by atoms with van der Waals surface area (Å²) in [4.78, 5) is 16.3. The van der Waals surface area contributed by atoms with E-state index in [0.717, 1.165) is 10.8 Å². The Balaban J connectivity index is 1.53. The van der Waals surface area contributed by atoms with Gasteiger partial charge in [0.15, 0.2) is 0 Å². The fourth-order valence-electron chi connectivity index (χ4n) is 1.99. The minimum Gasteiger partial charge on any atom is -0.497 e. The van der Waals surface area contributed by atoms with Crippen LogP contribution in [0, 0.1) is 0 Å². The molecule has 2 aromatic heterocycles. The summed E-state index contributed by atoms with van der Waals surface area (Å²) in [5, 5.41) is 5.19. The van der Waals surface area contributed by atoms with Gasteiger partial charge in [-0.3, -0.25) is 4.79 Å². The van der Waals surface area contributed by atoms with E-state index in [0.29, 0.717) is 30.4 Å². The number of furan rings is 1. The summed E-state index contributed by atoms with van der Waals surface area (Å²) in [6, 6.07) is 10.9. The molecule has 0 atom stereocenters. The lowest BCUT2D eigenvalue weighted by Crippen LogP contribution is -2.22. The van der Waals surface area contributed by atoms with E-state index in [2.05, 4.69) is 10.3 Å². The fraction of sp³-hybridized carbons (Fsp3) is 0.176. The van der Waals surface area contributed by atoms with E-state index in [9.17, 15) is 4.79 Å². The molecule has 24 heavy (non-hydrogen) atoms. The quantitative estimate of drug-likeness (QED) is 0.712. The standard InChI is InChI=1S/C17H16N2O4S/c1-21-12-4-2-5-13(8-12)23-10-16-19-15(11-24-16)17(20)18-9-14-6-3-7-22-14/h2-8,11H,9-10H2,1H3,(H,18,20). The number of amides is 1. The smallest absolute Gasteiger partial charge is 0.271 e. The number of rotatable bonds is 7. The third-order valence-electron chi connectivity index (χ3n) is 3.19. The predicted molar refractivity (Wildman–Crippen MR) is 89.3 cm³/mol. The predicted octanol–water partition coefficient (Wildman–Crippen LogP) is 3.25. The maximum Gasteiger partial charge on any atom is 0.271 e. The highest BCUT2D eigenvalue weighted by atomic mass is 32.1. The van der Waals surface area contributed by atoms with Crippen LogP contribution in [-0.2, 0) is 13.2 Å². The highest BCUT2D eigenvalue weighted by Crippen LogP contribution is 2.20. The first-order chi connectivity index (χ1) is 11.7. The van der Waals surface area contributed by atoms with Crippen LogP contribution in [0.25, 0.3) is 0 Å². The van der Waals surface area contributed by atoms with Crippen LogP contribution in [0.2, 0.25) is 0 Å². The van der Waals surface area contributed by atoms with Gasteiger partial charge >= 0.3 is 0 Å². The molecule has 3 aromatic rings. The van der Waals surface area contributed by atoms with E-state index in [-0.39, 0.29) is 5.91 Å². The van der Waals surface area contributed by atoms with Crippen molar-refractivity contribution < 1.29 is 18.7 Å². The maximum atomic E-state index is 12.0. The van der Waals surface area contributed by atoms with Crippen molar-refractivity contribution in [3.05, 3.63) is 64.5 Å². The van der Waals surface area contributed by atoms with E-state index < -0.39 is 0 Å². The van der Waals surface area contributed by atoms with Crippen molar-refractivity contribution in [2.24, 2.45) is 0 Å². The number of hydrogen-bond donors (Lipinski definition) is 1. The number of nitrogens with one attached hydrogen (secondary N) is 1. The second kappa shape index (κ2) is 7.65. The molecule has 0 aliphatic carbocycles. The van der Waals surface area contributed by atoms with Gasteiger partial charge in [0.05, 0.1) is 19.9 Å². The number of ether oxygens (including phenoxy) is 2. The SMILES string of the molecule is COc1cccc(OCc2nc(C(=O)NCc3ccco3)cs2)c1. The van der Waals surface area contributed by atoms with Crippen LogP contribution in [0.5, 0.6) is 11.5 Å². The number of thiazole rings is 1. The summed E-state index contributed by atoms with van der Waals surface area (Å²) in [7, 11) is 1.60. The van der Waals surface area contributed by atoms with Crippen molar-refractivity contribution in [2.75, 3.05) is 7.11 Å². The third kappa shape index (κ3) is 4.14. The number of methoxy groups -OCH3 is 1. The van der Waals surface area contributed by atoms with Crippen LogP contribution < -0.4 is 14.8 Å². The van der Waals surface area contributed by atoms with Crippen molar-refractivity contribution in [1.29, 1.82) is 0 Å². The molecule has 0 saturated carbocycles. The molecule has 0 radical (unpaired) electrons. The molecule has 3 rings (SSSR count). The van der Waals surface area contributed by atoms with Gasteiger partial charge in [0, 0.05) is 11.4 Å². The fourth-order valence-corrected chi connectivity index (χ4v) is 2.67. The molecule has 0 fully saturated rings. The Kier molecular flexibility index (Phi) is 5.12. The molecule has 2 heterocycles. The normalized spacial score (nSPS) is 10.4. The molecule has 7 heteroatoms. The number of carbonyl (C=O) groups is 1. The van der Waals surface area contributed by atoms with Crippen LogP contribution in [0.1, 0.15) is 21.3 Å². The van der Waals surface area contributed by atoms with Crippen LogP contribution in [0.4, 0.5) is 0 Å². The first-order valence-electron chi connectivity index (χ1n) is 7.26. The van der Waals surface area contributed by atoms with Gasteiger partial charge in [0.25, 0.3) is 5.91 Å². The summed E-state index contributed by atoms with van der Waals surface area (Å²) in [5.41, 5.74) is 0.371. The summed E-state index contributed by atoms with van der Waals surface area (Å²) in [6.45, 7) is 0.627. The number of nitrogens with zero attached hydrogens (tertiary/aromatic N) is 1. The van der Waals surface area contributed by atoms with Gasteiger partial charge in [-0.05, 0) is 24.3 Å². The number of benzene rings is 1. The van der Waals surface area contributed by atoms with Crippen LogP contribution in [0.15, 0.2) is 52.5 Å². The lowest BCUT2D eigenvalue weighted by Gasteiger charge is -2.05. The number of aromatic nitrogens is 1. The van der Waals surface area contributed by atoms with Gasteiger partial charge in [0.2, 0.25) is 0 Å². The first kappa shape index (κ1) is 16.1.